The summed E-state index contributed by atoms with van der Waals surface area (Å²) in [7, 11) is 1.60. The van der Waals surface area contributed by atoms with Crippen molar-refractivity contribution in [2.45, 2.75) is 20.0 Å². The van der Waals surface area contributed by atoms with Crippen LogP contribution < -0.4 is 14.8 Å². The number of methoxy groups -OCH3 is 1. The number of hydrogen-bond donors (Lipinski definition) is 1. The fraction of sp³-hybridized carbons (Fsp3) is 0.250. The van der Waals surface area contributed by atoms with E-state index in [-0.39, 0.29) is 5.91 Å². The molecule has 0 unspecified atom stereocenters. The zero-order valence-corrected chi connectivity index (χ0v) is 12.3. The smallest absolute Gasteiger partial charge is 0.266 e. The topological polar surface area (TPSA) is 60.5 Å². The molecule has 2 aromatic rings. The number of carbonyl (C=O) groups excluding carboxylic acids is 1. The third-order valence-corrected chi connectivity index (χ3v) is 2.99. The number of aryl methyl sites for hydroxylation is 1. The summed E-state index contributed by atoms with van der Waals surface area (Å²) in [4.78, 5) is 16.2. The van der Waals surface area contributed by atoms with Crippen LogP contribution in [0.5, 0.6) is 11.5 Å². The van der Waals surface area contributed by atoms with Gasteiger partial charge in [0.05, 0.1) is 7.11 Å². The highest BCUT2D eigenvalue weighted by molar-refractivity contribution is 5.93. The number of hydrogen-bond acceptors (Lipinski definition) is 4. The van der Waals surface area contributed by atoms with Crippen LogP contribution in [0.3, 0.4) is 0 Å². The molecule has 110 valence electrons. The largest absolute Gasteiger partial charge is 0.497 e. The number of amides is 1. The van der Waals surface area contributed by atoms with Gasteiger partial charge in [0, 0.05) is 6.20 Å². The third kappa shape index (κ3) is 3.95. The van der Waals surface area contributed by atoms with Crippen LogP contribution in [-0.2, 0) is 4.79 Å². The van der Waals surface area contributed by atoms with Crippen molar-refractivity contribution in [3.63, 3.8) is 0 Å². The molecule has 2 rings (SSSR count). The summed E-state index contributed by atoms with van der Waals surface area (Å²) in [5.41, 5.74) is 0.905. The Balaban J connectivity index is 1.97. The molecule has 1 N–H and O–H groups in total. The summed E-state index contributed by atoms with van der Waals surface area (Å²) in [6, 6.07) is 10.8. The van der Waals surface area contributed by atoms with Gasteiger partial charge in [-0.1, -0.05) is 6.07 Å². The lowest BCUT2D eigenvalue weighted by Gasteiger charge is -2.15. The maximum absolute atomic E-state index is 12.1. The van der Waals surface area contributed by atoms with Gasteiger partial charge in [0.1, 0.15) is 17.3 Å². The van der Waals surface area contributed by atoms with E-state index in [1.165, 1.54) is 0 Å². The molecule has 5 heteroatoms. The SMILES string of the molecule is COc1ccc(O[C@H](C)C(=O)Nc2ncccc2C)cc1. The van der Waals surface area contributed by atoms with Crippen LogP contribution in [0.25, 0.3) is 0 Å². The van der Waals surface area contributed by atoms with Gasteiger partial charge in [-0.05, 0) is 49.7 Å². The number of rotatable bonds is 5. The molecule has 0 fully saturated rings. The highest BCUT2D eigenvalue weighted by Gasteiger charge is 2.16. The number of ether oxygens (including phenoxy) is 2. The summed E-state index contributed by atoms with van der Waals surface area (Å²) in [5.74, 6) is 1.65. The summed E-state index contributed by atoms with van der Waals surface area (Å²) in [5, 5.41) is 2.75. The molecule has 0 saturated carbocycles. The summed E-state index contributed by atoms with van der Waals surface area (Å²) in [6.07, 6.45) is 1.01. The van der Waals surface area contributed by atoms with Gasteiger partial charge in [-0.15, -0.1) is 0 Å². The van der Waals surface area contributed by atoms with Gasteiger partial charge in [0.25, 0.3) is 5.91 Å². The average molecular weight is 286 g/mol. The second-order valence-electron chi connectivity index (χ2n) is 4.59. The summed E-state index contributed by atoms with van der Waals surface area (Å²) >= 11 is 0. The molecule has 0 aliphatic carbocycles. The first-order valence-electron chi connectivity index (χ1n) is 6.63. The lowest BCUT2D eigenvalue weighted by molar-refractivity contribution is -0.122. The molecule has 0 bridgehead atoms. The van der Waals surface area contributed by atoms with Gasteiger partial charge >= 0.3 is 0 Å². The predicted octanol–water partition coefficient (Wildman–Crippen LogP) is 2.80. The van der Waals surface area contributed by atoms with E-state index in [4.69, 9.17) is 9.47 Å². The minimum atomic E-state index is -0.625. The number of nitrogens with zero attached hydrogens (tertiary/aromatic N) is 1. The zero-order valence-electron chi connectivity index (χ0n) is 12.3. The minimum Gasteiger partial charge on any atom is -0.497 e. The molecule has 1 heterocycles. The molecule has 5 nitrogen and oxygen atoms in total. The van der Waals surface area contributed by atoms with Crippen LogP contribution in [0.1, 0.15) is 12.5 Å². The van der Waals surface area contributed by atoms with E-state index < -0.39 is 6.10 Å². The Bertz CT molecular complexity index is 611. The van der Waals surface area contributed by atoms with Crippen LogP contribution in [0.2, 0.25) is 0 Å². The van der Waals surface area contributed by atoms with E-state index in [2.05, 4.69) is 10.3 Å². The monoisotopic (exact) mass is 286 g/mol. The molecular formula is C16H18N2O3. The maximum atomic E-state index is 12.1. The van der Waals surface area contributed by atoms with Gasteiger partial charge in [0.2, 0.25) is 0 Å². The van der Waals surface area contributed by atoms with Gasteiger partial charge in [-0.25, -0.2) is 4.98 Å². The van der Waals surface area contributed by atoms with E-state index in [1.807, 2.05) is 19.1 Å². The van der Waals surface area contributed by atoms with Crippen molar-refractivity contribution in [1.82, 2.24) is 4.98 Å². The van der Waals surface area contributed by atoms with E-state index in [9.17, 15) is 4.79 Å². The van der Waals surface area contributed by atoms with E-state index in [1.54, 1.807) is 44.5 Å². The highest BCUT2D eigenvalue weighted by Crippen LogP contribution is 2.18. The van der Waals surface area contributed by atoms with Crippen molar-refractivity contribution in [3.05, 3.63) is 48.2 Å². The Kier molecular flexibility index (Phi) is 4.77. The molecular weight excluding hydrogens is 268 g/mol. The lowest BCUT2D eigenvalue weighted by atomic mass is 10.2. The van der Waals surface area contributed by atoms with Crippen LogP contribution in [0.15, 0.2) is 42.6 Å². The molecule has 1 aromatic heterocycles. The number of benzene rings is 1. The first-order chi connectivity index (χ1) is 10.1. The lowest BCUT2D eigenvalue weighted by Crippen LogP contribution is -2.30. The minimum absolute atomic E-state index is 0.243. The van der Waals surface area contributed by atoms with Crippen LogP contribution in [0.4, 0.5) is 5.82 Å². The molecule has 21 heavy (non-hydrogen) atoms. The average Bonchev–Trinajstić information content (AvgIpc) is 2.50. The fourth-order valence-corrected chi connectivity index (χ4v) is 1.75. The standard InChI is InChI=1S/C16H18N2O3/c1-11-5-4-10-17-15(11)18-16(19)12(2)21-14-8-6-13(20-3)7-9-14/h4-10,12H,1-3H3,(H,17,18,19)/t12-/m1/s1. The summed E-state index contributed by atoms with van der Waals surface area (Å²) in [6.45, 7) is 3.58. The molecule has 1 atom stereocenters. The first-order valence-corrected chi connectivity index (χ1v) is 6.63. The first kappa shape index (κ1) is 14.8. The number of aromatic nitrogens is 1. The van der Waals surface area contributed by atoms with Crippen molar-refractivity contribution < 1.29 is 14.3 Å². The molecule has 1 amide bonds. The maximum Gasteiger partial charge on any atom is 0.266 e. The quantitative estimate of drug-likeness (QED) is 0.918. The Labute approximate surface area is 123 Å². The van der Waals surface area contributed by atoms with Crippen LogP contribution in [-0.4, -0.2) is 24.1 Å². The van der Waals surface area contributed by atoms with E-state index in [0.717, 1.165) is 11.3 Å². The third-order valence-electron chi connectivity index (χ3n) is 2.99. The van der Waals surface area contributed by atoms with Crippen LogP contribution >= 0.6 is 0 Å². The van der Waals surface area contributed by atoms with Gasteiger partial charge < -0.3 is 14.8 Å². The summed E-state index contributed by atoms with van der Waals surface area (Å²) < 4.78 is 10.7. The van der Waals surface area contributed by atoms with E-state index >= 15 is 0 Å². The molecule has 0 spiro atoms. The van der Waals surface area contributed by atoms with Gasteiger partial charge in [0.15, 0.2) is 6.10 Å². The number of carbonyl (C=O) groups is 1. The highest BCUT2D eigenvalue weighted by atomic mass is 16.5. The Morgan fingerprint density at radius 3 is 2.48 bits per heavy atom. The Morgan fingerprint density at radius 1 is 1.19 bits per heavy atom. The van der Waals surface area contributed by atoms with Crippen molar-refractivity contribution in [1.29, 1.82) is 0 Å². The number of anilines is 1. The van der Waals surface area contributed by atoms with Crippen molar-refractivity contribution >= 4 is 11.7 Å². The normalized spacial score (nSPS) is 11.6. The molecule has 0 radical (unpaired) electrons. The van der Waals surface area contributed by atoms with Crippen LogP contribution in [0, 0.1) is 6.92 Å². The molecule has 1 aromatic carbocycles. The fourth-order valence-electron chi connectivity index (χ4n) is 1.75. The Hall–Kier alpha value is -2.56. The van der Waals surface area contributed by atoms with Gasteiger partial charge in [-0.2, -0.15) is 0 Å². The van der Waals surface area contributed by atoms with Gasteiger partial charge in [-0.3, -0.25) is 4.79 Å². The molecule has 0 saturated heterocycles. The zero-order chi connectivity index (χ0) is 15.2. The second-order valence-corrected chi connectivity index (χ2v) is 4.59. The molecule has 0 aliphatic heterocycles. The van der Waals surface area contributed by atoms with Crippen molar-refractivity contribution in [3.8, 4) is 11.5 Å². The molecule has 0 aliphatic rings. The second kappa shape index (κ2) is 6.74. The Morgan fingerprint density at radius 2 is 1.86 bits per heavy atom. The predicted molar refractivity (Wildman–Crippen MR) is 80.7 cm³/mol. The number of nitrogens with one attached hydrogen (secondary N) is 1. The van der Waals surface area contributed by atoms with Crippen molar-refractivity contribution in [2.75, 3.05) is 12.4 Å². The van der Waals surface area contributed by atoms with E-state index in [0.29, 0.717) is 11.6 Å². The van der Waals surface area contributed by atoms with Crippen molar-refractivity contribution in [2.24, 2.45) is 0 Å². The number of pyridine rings is 1.